The Hall–Kier alpha value is -0.610. The zero-order valence-electron chi connectivity index (χ0n) is 10.8. The molecule has 1 unspecified atom stereocenters. The summed E-state index contributed by atoms with van der Waals surface area (Å²) in [5.74, 6) is -0.125. The van der Waals surface area contributed by atoms with E-state index in [2.05, 4.69) is 10.2 Å². The molecule has 1 aliphatic heterocycles. The minimum absolute atomic E-state index is 0.000106. The normalized spacial score (nSPS) is 35.7. The van der Waals surface area contributed by atoms with Crippen LogP contribution >= 0.6 is 0 Å². The molecule has 0 spiro atoms. The zero-order valence-corrected chi connectivity index (χ0v) is 10.8. The minimum atomic E-state index is -0.125. The van der Waals surface area contributed by atoms with Crippen LogP contribution in [0, 0.1) is 0 Å². The van der Waals surface area contributed by atoms with Crippen LogP contribution in [0.3, 0.4) is 0 Å². The monoisotopic (exact) mass is 239 g/mol. The van der Waals surface area contributed by atoms with Crippen LogP contribution in [0.1, 0.15) is 44.9 Å². The van der Waals surface area contributed by atoms with Gasteiger partial charge in [-0.2, -0.15) is 0 Å². The highest BCUT2D eigenvalue weighted by atomic mass is 16.1. The molecule has 1 heterocycles. The number of amides is 1. The predicted octanol–water partition coefficient (Wildman–Crippen LogP) is 0.857. The lowest BCUT2D eigenvalue weighted by Crippen LogP contribution is -2.53. The second kappa shape index (κ2) is 5.83. The quantitative estimate of drug-likeness (QED) is 0.768. The van der Waals surface area contributed by atoms with Gasteiger partial charge in [0.25, 0.3) is 0 Å². The molecule has 1 atom stereocenters. The molecule has 0 aromatic carbocycles. The van der Waals surface area contributed by atoms with Crippen LogP contribution in [-0.2, 0) is 4.79 Å². The topological polar surface area (TPSA) is 58.4 Å². The van der Waals surface area contributed by atoms with Gasteiger partial charge >= 0.3 is 0 Å². The number of carbonyl (C=O) groups excluding carboxylic acids is 1. The molecule has 17 heavy (non-hydrogen) atoms. The van der Waals surface area contributed by atoms with Crippen LogP contribution in [0.15, 0.2) is 0 Å². The predicted molar refractivity (Wildman–Crippen MR) is 68.6 cm³/mol. The highest BCUT2D eigenvalue weighted by molar-refractivity contribution is 5.80. The first-order valence-corrected chi connectivity index (χ1v) is 6.94. The number of hydrogen-bond acceptors (Lipinski definition) is 3. The smallest absolute Gasteiger partial charge is 0.234 e. The molecule has 1 aliphatic carbocycles. The van der Waals surface area contributed by atoms with Gasteiger partial charge in [-0.1, -0.05) is 6.42 Å². The van der Waals surface area contributed by atoms with Gasteiger partial charge in [0.15, 0.2) is 0 Å². The van der Waals surface area contributed by atoms with Crippen molar-refractivity contribution < 1.29 is 4.79 Å². The van der Waals surface area contributed by atoms with Crippen molar-refractivity contribution in [3.63, 3.8) is 0 Å². The molecule has 3 N–H and O–H groups in total. The van der Waals surface area contributed by atoms with Gasteiger partial charge in [-0.05, 0) is 52.1 Å². The van der Waals surface area contributed by atoms with E-state index in [1.54, 1.807) is 0 Å². The molecule has 4 heteroatoms. The van der Waals surface area contributed by atoms with E-state index in [9.17, 15) is 4.79 Å². The van der Waals surface area contributed by atoms with Crippen LogP contribution in [-0.4, -0.2) is 42.5 Å². The maximum absolute atomic E-state index is 11.5. The van der Waals surface area contributed by atoms with Crippen molar-refractivity contribution in [1.82, 2.24) is 10.2 Å². The summed E-state index contributed by atoms with van der Waals surface area (Å²) in [5.41, 5.74) is 5.52. The largest absolute Gasteiger partial charge is 0.368 e. The fourth-order valence-corrected chi connectivity index (χ4v) is 3.39. The van der Waals surface area contributed by atoms with Gasteiger partial charge < -0.3 is 11.1 Å². The summed E-state index contributed by atoms with van der Waals surface area (Å²) in [4.78, 5) is 13.9. The fraction of sp³-hybridized carbons (Fsp3) is 0.923. The van der Waals surface area contributed by atoms with Gasteiger partial charge in [-0.15, -0.1) is 0 Å². The summed E-state index contributed by atoms with van der Waals surface area (Å²) in [6.45, 7) is 1.06. The number of piperidine rings is 1. The summed E-state index contributed by atoms with van der Waals surface area (Å²) in [6, 6.07) is 1.25. The summed E-state index contributed by atoms with van der Waals surface area (Å²) in [7, 11) is 2.04. The van der Waals surface area contributed by atoms with E-state index >= 15 is 0 Å². The molecule has 1 amide bonds. The van der Waals surface area contributed by atoms with Crippen molar-refractivity contribution >= 4 is 5.91 Å². The van der Waals surface area contributed by atoms with E-state index in [0.717, 1.165) is 19.4 Å². The average molecular weight is 239 g/mol. The minimum Gasteiger partial charge on any atom is -0.368 e. The Kier molecular flexibility index (Phi) is 4.40. The fourth-order valence-electron chi connectivity index (χ4n) is 3.39. The summed E-state index contributed by atoms with van der Waals surface area (Å²) in [6.07, 6.45) is 8.18. The van der Waals surface area contributed by atoms with Gasteiger partial charge in [-0.3, -0.25) is 9.69 Å². The van der Waals surface area contributed by atoms with E-state index in [1.165, 1.54) is 32.1 Å². The summed E-state index contributed by atoms with van der Waals surface area (Å²) in [5, 5.41) is 3.35. The molecule has 2 rings (SSSR count). The molecule has 0 bridgehead atoms. The highest BCUT2D eigenvalue weighted by Gasteiger charge is 2.34. The molecular formula is C13H25N3O. The van der Waals surface area contributed by atoms with Gasteiger partial charge in [0.05, 0.1) is 6.04 Å². The lowest BCUT2D eigenvalue weighted by atomic mass is 9.87. The molecular weight excluding hydrogens is 214 g/mol. The lowest BCUT2D eigenvalue weighted by molar-refractivity contribution is -0.125. The number of carbonyl (C=O) groups is 1. The molecule has 0 aromatic rings. The maximum Gasteiger partial charge on any atom is 0.234 e. The number of nitrogens with one attached hydrogen (secondary N) is 1. The number of nitrogens with two attached hydrogens (primary N) is 1. The molecule has 2 fully saturated rings. The van der Waals surface area contributed by atoms with E-state index in [0.29, 0.717) is 12.1 Å². The third-order valence-electron chi connectivity index (χ3n) is 4.45. The molecule has 1 saturated carbocycles. The lowest BCUT2D eigenvalue weighted by Gasteiger charge is -2.42. The number of hydrogen-bond donors (Lipinski definition) is 2. The summed E-state index contributed by atoms with van der Waals surface area (Å²) < 4.78 is 0. The van der Waals surface area contributed by atoms with Crippen molar-refractivity contribution in [3.8, 4) is 0 Å². The third kappa shape index (κ3) is 2.99. The van der Waals surface area contributed by atoms with Crippen LogP contribution in [0.2, 0.25) is 0 Å². The molecule has 2 aliphatic rings. The second-order valence-corrected chi connectivity index (χ2v) is 5.45. The van der Waals surface area contributed by atoms with E-state index in [1.807, 2.05) is 7.05 Å². The number of primary amides is 1. The highest BCUT2D eigenvalue weighted by Crippen LogP contribution is 2.28. The van der Waals surface area contributed by atoms with Crippen molar-refractivity contribution in [2.45, 2.75) is 63.1 Å². The van der Waals surface area contributed by atoms with E-state index in [4.69, 9.17) is 5.73 Å². The van der Waals surface area contributed by atoms with Crippen LogP contribution in [0.4, 0.5) is 0 Å². The Morgan fingerprint density at radius 1 is 1.18 bits per heavy atom. The third-order valence-corrected chi connectivity index (χ3v) is 4.45. The van der Waals surface area contributed by atoms with Crippen LogP contribution in [0.5, 0.6) is 0 Å². The van der Waals surface area contributed by atoms with Gasteiger partial charge in [0, 0.05) is 12.1 Å². The Balaban J connectivity index is 1.93. The maximum atomic E-state index is 11.5. The van der Waals surface area contributed by atoms with E-state index in [-0.39, 0.29) is 11.9 Å². The number of rotatable bonds is 3. The molecule has 0 aromatic heterocycles. The standard InChI is InChI=1S/C13H25N3O/c1-15-10-5-7-11(8-6-10)16-9-3-2-4-12(16)13(14)17/h10-12,15H,2-9H2,1H3,(H2,14,17). The van der Waals surface area contributed by atoms with Crippen molar-refractivity contribution in [2.24, 2.45) is 5.73 Å². The summed E-state index contributed by atoms with van der Waals surface area (Å²) >= 11 is 0. The Bertz CT molecular complexity index is 261. The molecule has 1 saturated heterocycles. The SMILES string of the molecule is CNC1CCC(N2CCCCC2C(N)=O)CC1. The van der Waals surface area contributed by atoms with Crippen molar-refractivity contribution in [3.05, 3.63) is 0 Å². The molecule has 4 nitrogen and oxygen atoms in total. The Labute approximate surface area is 104 Å². The number of likely N-dealkylation sites (tertiary alicyclic amines) is 1. The second-order valence-electron chi connectivity index (χ2n) is 5.45. The van der Waals surface area contributed by atoms with Crippen LogP contribution < -0.4 is 11.1 Å². The molecule has 98 valence electrons. The Morgan fingerprint density at radius 3 is 2.47 bits per heavy atom. The first kappa shape index (κ1) is 12.8. The van der Waals surface area contributed by atoms with Crippen molar-refractivity contribution in [2.75, 3.05) is 13.6 Å². The zero-order chi connectivity index (χ0) is 12.3. The average Bonchev–Trinajstić information content (AvgIpc) is 2.39. The van der Waals surface area contributed by atoms with Gasteiger partial charge in [0.2, 0.25) is 5.91 Å². The van der Waals surface area contributed by atoms with E-state index < -0.39 is 0 Å². The Morgan fingerprint density at radius 2 is 1.88 bits per heavy atom. The van der Waals surface area contributed by atoms with Gasteiger partial charge in [0.1, 0.15) is 0 Å². The number of nitrogens with zero attached hydrogens (tertiary/aromatic N) is 1. The van der Waals surface area contributed by atoms with Gasteiger partial charge in [-0.25, -0.2) is 0 Å². The van der Waals surface area contributed by atoms with Crippen LogP contribution in [0.25, 0.3) is 0 Å². The molecule has 0 radical (unpaired) electrons. The first-order valence-electron chi connectivity index (χ1n) is 6.94. The van der Waals surface area contributed by atoms with Crippen molar-refractivity contribution in [1.29, 1.82) is 0 Å². The first-order chi connectivity index (χ1) is 8.22.